The van der Waals surface area contributed by atoms with Gasteiger partial charge in [-0.1, -0.05) is 146 Å². The van der Waals surface area contributed by atoms with Crippen LogP contribution in [0.3, 0.4) is 0 Å². The van der Waals surface area contributed by atoms with Crippen LogP contribution >= 0.6 is 0 Å². The van der Waals surface area contributed by atoms with Crippen molar-refractivity contribution in [3.05, 3.63) is 220 Å². The van der Waals surface area contributed by atoms with Crippen molar-refractivity contribution in [3.63, 3.8) is 0 Å². The molecule has 6 aromatic rings. The Kier molecular flexibility index (Phi) is 13.5. The fourth-order valence-electron chi connectivity index (χ4n) is 7.13. The Morgan fingerprint density at radius 2 is 1.03 bits per heavy atom. The summed E-state index contributed by atoms with van der Waals surface area (Å²) < 4.78 is 130. The molecule has 60 heavy (non-hydrogen) atoms. The molecule has 1 unspecified atom stereocenters. The van der Waals surface area contributed by atoms with Crippen LogP contribution in [0.25, 0.3) is 0 Å². The van der Waals surface area contributed by atoms with Crippen molar-refractivity contribution in [3.8, 4) is 0 Å². The van der Waals surface area contributed by atoms with E-state index in [4.69, 9.17) is 13.7 Å². The molecule has 312 valence electrons. The number of ether oxygens (including phenoxy) is 2. The fourth-order valence-corrected chi connectivity index (χ4v) is 8.05. The van der Waals surface area contributed by atoms with Crippen LogP contribution < -0.4 is 0 Å². The van der Waals surface area contributed by atoms with Gasteiger partial charge in [0.1, 0.15) is 5.60 Å². The first kappa shape index (κ1) is 44.0. The Labute approximate surface area is 346 Å². The Bertz CT molecular complexity index is 2310. The molecule has 0 aliphatic rings. The van der Waals surface area contributed by atoms with Crippen molar-refractivity contribution < 1.29 is 48.4 Å². The summed E-state index contributed by atoms with van der Waals surface area (Å²) in [6.07, 6.45) is -13.0. The van der Waals surface area contributed by atoms with Crippen LogP contribution in [0.5, 0.6) is 0 Å². The highest BCUT2D eigenvalue weighted by Gasteiger charge is 2.41. The minimum atomic E-state index is -5.11. The van der Waals surface area contributed by atoms with Gasteiger partial charge in [-0.05, 0) is 77.6 Å². The van der Waals surface area contributed by atoms with Crippen LogP contribution in [0.4, 0.5) is 26.3 Å². The van der Waals surface area contributed by atoms with E-state index in [9.17, 15) is 34.8 Å². The van der Waals surface area contributed by atoms with Gasteiger partial charge in [-0.3, -0.25) is 4.18 Å². The zero-order valence-corrected chi connectivity index (χ0v) is 33.5. The Morgan fingerprint density at radius 3 is 1.47 bits per heavy atom. The first-order valence-corrected chi connectivity index (χ1v) is 20.3. The maximum absolute atomic E-state index is 14.0. The number of rotatable bonds is 16. The summed E-state index contributed by atoms with van der Waals surface area (Å²) in [6.45, 7) is 6.60. The highest BCUT2D eigenvalue weighted by molar-refractivity contribution is 7.86. The normalized spacial score (nSPS) is 14.0. The Balaban J connectivity index is 1.45. The monoisotopic (exact) mass is 844 g/mol. The molecule has 0 bridgehead atoms. The lowest BCUT2D eigenvalue weighted by Gasteiger charge is -2.38. The molecule has 0 radical (unpaired) electrons. The first-order valence-electron chi connectivity index (χ1n) is 18.9. The minimum Gasteiger partial charge on any atom is -0.367 e. The SMILES string of the molecule is C=C(COC(c1ccccc1)(c1ccccc1)c1ccccc1)C(c1ccccc1)[C@H](COS(=O)(=O)c1ccc(C)cc1)O[C@H](C)c1cc(C(F)(F)F)cc(C(F)(F)F)c1. The van der Waals surface area contributed by atoms with E-state index in [0.29, 0.717) is 23.3 Å². The molecule has 0 saturated carbocycles. The van der Waals surface area contributed by atoms with Gasteiger partial charge in [0.2, 0.25) is 0 Å². The highest BCUT2D eigenvalue weighted by atomic mass is 32.2. The van der Waals surface area contributed by atoms with E-state index in [1.165, 1.54) is 19.1 Å². The van der Waals surface area contributed by atoms with Gasteiger partial charge in [-0.15, -0.1) is 0 Å². The van der Waals surface area contributed by atoms with E-state index >= 15 is 0 Å². The smallest absolute Gasteiger partial charge is 0.367 e. The van der Waals surface area contributed by atoms with Gasteiger partial charge in [0.15, 0.2) is 0 Å². The largest absolute Gasteiger partial charge is 0.416 e. The van der Waals surface area contributed by atoms with Crippen molar-refractivity contribution in [1.82, 2.24) is 0 Å². The maximum atomic E-state index is 14.0. The topological polar surface area (TPSA) is 61.8 Å². The van der Waals surface area contributed by atoms with Gasteiger partial charge in [0.25, 0.3) is 10.1 Å². The standard InChI is InChI=1S/C48H42F6O5S/c1-33-24-26-43(27-25-33)60(55,56)58-32-44(59-35(3)37-28-41(47(49,50)51)30-42(29-37)48(52,53)54)45(36-16-8-4-9-17-36)34(2)31-57-46(38-18-10-5-11-19-38,39-20-12-6-13-21-39)40-22-14-7-15-23-40/h4-30,35,44-45H,2,31-32H2,1,3H3/t35-,44+,45?/m1/s1. The molecule has 0 N–H and O–H groups in total. The molecular weight excluding hydrogens is 803 g/mol. The van der Waals surface area contributed by atoms with Crippen molar-refractivity contribution in [1.29, 1.82) is 0 Å². The number of hydrogen-bond acceptors (Lipinski definition) is 5. The van der Waals surface area contributed by atoms with E-state index in [-0.39, 0.29) is 17.6 Å². The van der Waals surface area contributed by atoms with Crippen LogP contribution in [0, 0.1) is 6.92 Å². The summed E-state index contributed by atoms with van der Waals surface area (Å²) >= 11 is 0. The third-order valence-electron chi connectivity index (χ3n) is 10.1. The van der Waals surface area contributed by atoms with Crippen molar-refractivity contribution >= 4 is 10.1 Å². The zero-order valence-electron chi connectivity index (χ0n) is 32.7. The lowest BCUT2D eigenvalue weighted by Crippen LogP contribution is -2.36. The van der Waals surface area contributed by atoms with Gasteiger partial charge in [-0.25, -0.2) is 0 Å². The molecule has 0 fully saturated rings. The second-order valence-electron chi connectivity index (χ2n) is 14.3. The summed E-state index contributed by atoms with van der Waals surface area (Å²) in [6, 6.07) is 44.3. The van der Waals surface area contributed by atoms with Gasteiger partial charge < -0.3 is 9.47 Å². The summed E-state index contributed by atoms with van der Waals surface area (Å²) in [5, 5.41) is 0. The molecule has 5 nitrogen and oxygen atoms in total. The van der Waals surface area contributed by atoms with Crippen molar-refractivity contribution in [2.75, 3.05) is 13.2 Å². The third kappa shape index (κ3) is 10.2. The van der Waals surface area contributed by atoms with Gasteiger partial charge in [0, 0.05) is 5.92 Å². The quantitative estimate of drug-likeness (QED) is 0.0420. The molecule has 0 heterocycles. The molecule has 0 spiro atoms. The molecule has 6 rings (SSSR count). The minimum absolute atomic E-state index is 0.0371. The molecule has 3 atom stereocenters. The number of halogens is 6. The van der Waals surface area contributed by atoms with E-state index in [0.717, 1.165) is 22.3 Å². The zero-order chi connectivity index (χ0) is 43.1. The maximum Gasteiger partial charge on any atom is 0.416 e. The summed E-state index contributed by atoms with van der Waals surface area (Å²) in [5.74, 6) is -0.977. The van der Waals surface area contributed by atoms with Crippen molar-refractivity contribution in [2.24, 2.45) is 0 Å². The lowest BCUT2D eigenvalue weighted by molar-refractivity contribution is -0.143. The van der Waals surface area contributed by atoms with Crippen LogP contribution in [0.1, 0.15) is 63.5 Å². The number of alkyl halides is 6. The second kappa shape index (κ2) is 18.4. The molecule has 0 aliphatic carbocycles. The Morgan fingerprint density at radius 1 is 0.600 bits per heavy atom. The van der Waals surface area contributed by atoms with Gasteiger partial charge in [0.05, 0.1) is 41.4 Å². The van der Waals surface area contributed by atoms with E-state index in [1.54, 1.807) is 49.4 Å². The number of hydrogen-bond donors (Lipinski definition) is 0. The van der Waals surface area contributed by atoms with Crippen LogP contribution in [-0.2, 0) is 41.7 Å². The molecule has 0 aromatic heterocycles. The predicted molar refractivity (Wildman–Crippen MR) is 218 cm³/mol. The number of aryl methyl sites for hydroxylation is 1. The average molecular weight is 845 g/mol. The lowest BCUT2D eigenvalue weighted by atomic mass is 9.79. The average Bonchev–Trinajstić information content (AvgIpc) is 3.24. The predicted octanol–water partition coefficient (Wildman–Crippen LogP) is 12.2. The summed E-state index contributed by atoms with van der Waals surface area (Å²) in [7, 11) is -4.45. The fraction of sp³-hybridized carbons (Fsp3) is 0.208. The molecular formula is C48H42F6O5S. The van der Waals surface area contributed by atoms with E-state index in [1.807, 2.05) is 91.0 Å². The summed E-state index contributed by atoms with van der Waals surface area (Å²) in [4.78, 5) is -0.163. The van der Waals surface area contributed by atoms with Gasteiger partial charge >= 0.3 is 12.4 Å². The highest BCUT2D eigenvalue weighted by Crippen LogP contribution is 2.43. The molecule has 0 saturated heterocycles. The van der Waals surface area contributed by atoms with Crippen LogP contribution in [0.2, 0.25) is 0 Å². The molecule has 12 heteroatoms. The van der Waals surface area contributed by atoms with Crippen LogP contribution in [0.15, 0.2) is 181 Å². The first-order chi connectivity index (χ1) is 28.5. The third-order valence-corrected chi connectivity index (χ3v) is 11.4. The molecule has 0 amide bonds. The van der Waals surface area contributed by atoms with Crippen LogP contribution in [-0.4, -0.2) is 27.7 Å². The Hall–Kier alpha value is -5.53. The summed E-state index contributed by atoms with van der Waals surface area (Å²) in [5.41, 5.74) is -0.653. The second-order valence-corrected chi connectivity index (χ2v) is 15.9. The van der Waals surface area contributed by atoms with Crippen molar-refractivity contribution in [2.45, 2.75) is 54.8 Å². The van der Waals surface area contributed by atoms with E-state index < -0.39 is 69.5 Å². The molecule has 0 aliphatic heterocycles. The molecule has 6 aromatic carbocycles. The van der Waals surface area contributed by atoms with E-state index in [2.05, 4.69) is 6.58 Å². The van der Waals surface area contributed by atoms with Gasteiger partial charge in [-0.2, -0.15) is 34.8 Å². The number of benzene rings is 6.